The molecule has 0 aliphatic carbocycles. The van der Waals surface area contributed by atoms with Crippen molar-refractivity contribution in [2.24, 2.45) is 0 Å². The van der Waals surface area contributed by atoms with E-state index in [0.29, 0.717) is 31.2 Å². The number of carbonyl (C=O) groups excluding carboxylic acids is 1. The van der Waals surface area contributed by atoms with Gasteiger partial charge in [0.1, 0.15) is 23.9 Å². The number of furan rings is 1. The predicted molar refractivity (Wildman–Crippen MR) is 124 cm³/mol. The molecule has 1 amide bonds. The van der Waals surface area contributed by atoms with Crippen molar-refractivity contribution in [2.75, 3.05) is 32.8 Å². The Balaban J connectivity index is 0.00000245. The fourth-order valence-electron chi connectivity index (χ4n) is 4.10. The summed E-state index contributed by atoms with van der Waals surface area (Å²) in [6.45, 7) is 5.08. The average Bonchev–Trinajstić information content (AvgIpc) is 3.48. The molecule has 32 heavy (non-hydrogen) atoms. The van der Waals surface area contributed by atoms with Crippen molar-refractivity contribution in [3.8, 4) is 11.5 Å². The van der Waals surface area contributed by atoms with Crippen LogP contribution in [0.15, 0.2) is 65.1 Å². The maximum absolute atomic E-state index is 12.8. The van der Waals surface area contributed by atoms with Gasteiger partial charge in [-0.25, -0.2) is 0 Å². The minimum absolute atomic E-state index is 0. The van der Waals surface area contributed by atoms with E-state index in [1.165, 1.54) is 11.1 Å². The third-order valence-electron chi connectivity index (χ3n) is 5.82. The van der Waals surface area contributed by atoms with E-state index >= 15 is 0 Å². The van der Waals surface area contributed by atoms with Gasteiger partial charge in [-0.2, -0.15) is 0 Å². The Morgan fingerprint density at radius 3 is 2.59 bits per heavy atom. The Bertz CT molecular complexity index is 1050. The summed E-state index contributed by atoms with van der Waals surface area (Å²) in [6.07, 6.45) is 0.993. The first-order chi connectivity index (χ1) is 15.2. The zero-order valence-corrected chi connectivity index (χ0v) is 18.7. The van der Waals surface area contributed by atoms with E-state index in [4.69, 9.17) is 13.9 Å². The van der Waals surface area contributed by atoms with E-state index in [9.17, 15) is 4.79 Å². The molecule has 3 aromatic rings. The van der Waals surface area contributed by atoms with E-state index < -0.39 is 0 Å². The van der Waals surface area contributed by atoms with Crippen LogP contribution in [-0.2, 0) is 19.6 Å². The second-order valence-electron chi connectivity index (χ2n) is 7.98. The number of hydrogen-bond donors (Lipinski definition) is 0. The van der Waals surface area contributed by atoms with Gasteiger partial charge in [0.15, 0.2) is 5.76 Å². The zero-order chi connectivity index (χ0) is 21.0. The average molecular weight is 455 g/mol. The van der Waals surface area contributed by atoms with Crippen molar-refractivity contribution in [2.45, 2.75) is 19.6 Å². The van der Waals surface area contributed by atoms with Crippen LogP contribution < -0.4 is 9.47 Å². The number of rotatable bonds is 6. The second-order valence-corrected chi connectivity index (χ2v) is 7.98. The molecule has 2 aliphatic heterocycles. The summed E-state index contributed by atoms with van der Waals surface area (Å²) in [5.74, 6) is 2.76. The van der Waals surface area contributed by atoms with Gasteiger partial charge in [-0.1, -0.05) is 30.3 Å². The fraction of sp³-hybridized carbons (Fsp3) is 0.320. The van der Waals surface area contributed by atoms with E-state index in [1.807, 2.05) is 41.3 Å². The minimum Gasteiger partial charge on any atom is -0.493 e. The van der Waals surface area contributed by atoms with Gasteiger partial charge in [-0.3, -0.25) is 9.69 Å². The van der Waals surface area contributed by atoms with Crippen LogP contribution in [0.25, 0.3) is 0 Å². The standard InChI is InChI=1S/C25H26N2O4.ClH/c28-25(24-9-7-22(31-24)18-30-21-4-2-1-3-5-21)27-13-11-26(12-14-27)17-19-6-8-23-20(16-19)10-15-29-23;/h1-9,16H,10-15,17-18H2;1H. The van der Waals surface area contributed by atoms with Gasteiger partial charge in [0.25, 0.3) is 5.91 Å². The lowest BCUT2D eigenvalue weighted by Crippen LogP contribution is -2.48. The highest BCUT2D eigenvalue weighted by molar-refractivity contribution is 5.91. The van der Waals surface area contributed by atoms with Crippen molar-refractivity contribution in [3.63, 3.8) is 0 Å². The van der Waals surface area contributed by atoms with Crippen LogP contribution in [0, 0.1) is 0 Å². The van der Waals surface area contributed by atoms with Gasteiger partial charge in [0, 0.05) is 39.1 Å². The molecule has 2 aromatic carbocycles. The molecule has 1 fully saturated rings. The second kappa shape index (κ2) is 10.1. The van der Waals surface area contributed by atoms with Crippen LogP contribution in [0.4, 0.5) is 0 Å². The lowest BCUT2D eigenvalue weighted by molar-refractivity contribution is 0.0594. The minimum atomic E-state index is -0.0553. The first-order valence-corrected chi connectivity index (χ1v) is 10.8. The predicted octanol–water partition coefficient (Wildman–Crippen LogP) is 4.17. The molecular formula is C25H27ClN2O4. The number of hydrogen-bond acceptors (Lipinski definition) is 5. The number of amides is 1. The number of piperazine rings is 1. The lowest BCUT2D eigenvalue weighted by Gasteiger charge is -2.34. The Hall–Kier alpha value is -2.96. The van der Waals surface area contributed by atoms with Gasteiger partial charge in [0.2, 0.25) is 0 Å². The Labute approximate surface area is 194 Å². The molecule has 0 saturated carbocycles. The number of fused-ring (bicyclic) bond motifs is 1. The van der Waals surface area contributed by atoms with Crippen LogP contribution >= 0.6 is 12.4 Å². The third-order valence-corrected chi connectivity index (χ3v) is 5.82. The number of carbonyl (C=O) groups is 1. The van der Waals surface area contributed by atoms with Crippen LogP contribution in [-0.4, -0.2) is 48.5 Å². The summed E-state index contributed by atoms with van der Waals surface area (Å²) in [5, 5.41) is 0. The topological polar surface area (TPSA) is 55.2 Å². The van der Waals surface area contributed by atoms with Gasteiger partial charge < -0.3 is 18.8 Å². The highest BCUT2D eigenvalue weighted by Crippen LogP contribution is 2.26. The molecule has 1 aromatic heterocycles. The van der Waals surface area contributed by atoms with Gasteiger partial charge in [-0.15, -0.1) is 12.4 Å². The summed E-state index contributed by atoms with van der Waals surface area (Å²) >= 11 is 0. The molecular weight excluding hydrogens is 428 g/mol. The third kappa shape index (κ3) is 5.09. The quantitative estimate of drug-likeness (QED) is 0.559. The molecule has 0 unspecified atom stereocenters. The number of benzene rings is 2. The van der Waals surface area contributed by atoms with Crippen LogP contribution in [0.1, 0.15) is 27.4 Å². The first kappa shape index (κ1) is 22.2. The normalized spacial score (nSPS) is 15.6. The Kier molecular flexibility index (Phi) is 7.02. The maximum atomic E-state index is 12.8. The van der Waals surface area contributed by atoms with Gasteiger partial charge in [0.05, 0.1) is 6.61 Å². The van der Waals surface area contributed by atoms with Crippen molar-refractivity contribution in [3.05, 3.63) is 83.3 Å². The number of nitrogens with zero attached hydrogens (tertiary/aromatic N) is 2. The zero-order valence-electron chi connectivity index (χ0n) is 17.9. The maximum Gasteiger partial charge on any atom is 0.289 e. The van der Waals surface area contributed by atoms with Crippen LogP contribution in [0.5, 0.6) is 11.5 Å². The molecule has 7 heteroatoms. The summed E-state index contributed by atoms with van der Waals surface area (Å²) in [6, 6.07) is 19.6. The Morgan fingerprint density at radius 2 is 1.78 bits per heavy atom. The molecule has 6 nitrogen and oxygen atoms in total. The summed E-state index contributed by atoms with van der Waals surface area (Å²) in [5.41, 5.74) is 2.61. The molecule has 3 heterocycles. The highest BCUT2D eigenvalue weighted by Gasteiger charge is 2.24. The monoisotopic (exact) mass is 454 g/mol. The van der Waals surface area contributed by atoms with E-state index in [-0.39, 0.29) is 18.3 Å². The summed E-state index contributed by atoms with van der Waals surface area (Å²) < 4.78 is 17.0. The fourth-order valence-corrected chi connectivity index (χ4v) is 4.10. The SMILES string of the molecule is Cl.O=C(c1ccc(COc2ccccc2)o1)N1CCN(Cc2ccc3c(c2)CCO3)CC1. The molecule has 0 radical (unpaired) electrons. The molecule has 1 saturated heterocycles. The molecule has 0 spiro atoms. The molecule has 168 valence electrons. The van der Waals surface area contributed by atoms with Crippen molar-refractivity contribution in [1.29, 1.82) is 0 Å². The largest absolute Gasteiger partial charge is 0.493 e. The summed E-state index contributed by atoms with van der Waals surface area (Å²) in [7, 11) is 0. The first-order valence-electron chi connectivity index (χ1n) is 10.8. The summed E-state index contributed by atoms with van der Waals surface area (Å²) in [4.78, 5) is 17.1. The molecule has 5 rings (SSSR count). The molecule has 0 atom stereocenters. The van der Waals surface area contributed by atoms with Crippen molar-refractivity contribution in [1.82, 2.24) is 9.80 Å². The Morgan fingerprint density at radius 1 is 0.969 bits per heavy atom. The van der Waals surface area contributed by atoms with Crippen molar-refractivity contribution < 1.29 is 18.7 Å². The van der Waals surface area contributed by atoms with Crippen LogP contribution in [0.3, 0.4) is 0 Å². The van der Waals surface area contributed by atoms with Gasteiger partial charge in [-0.05, 0) is 41.5 Å². The molecule has 0 bridgehead atoms. The molecule has 0 N–H and O–H groups in total. The number of ether oxygens (including phenoxy) is 2. The van der Waals surface area contributed by atoms with E-state index in [1.54, 1.807) is 6.07 Å². The van der Waals surface area contributed by atoms with E-state index in [0.717, 1.165) is 44.2 Å². The van der Waals surface area contributed by atoms with E-state index in [2.05, 4.69) is 23.1 Å². The van der Waals surface area contributed by atoms with Gasteiger partial charge >= 0.3 is 0 Å². The number of para-hydroxylation sites is 1. The van der Waals surface area contributed by atoms with Crippen molar-refractivity contribution >= 4 is 18.3 Å². The lowest BCUT2D eigenvalue weighted by atomic mass is 10.1. The smallest absolute Gasteiger partial charge is 0.289 e. The van der Waals surface area contributed by atoms with Crippen LogP contribution in [0.2, 0.25) is 0 Å². The highest BCUT2D eigenvalue weighted by atomic mass is 35.5. The number of halogens is 1. The molecule has 2 aliphatic rings.